The highest BCUT2D eigenvalue weighted by molar-refractivity contribution is 8.00. The van der Waals surface area contributed by atoms with Gasteiger partial charge in [-0.05, 0) is 24.3 Å². The van der Waals surface area contributed by atoms with E-state index in [4.69, 9.17) is 0 Å². The number of carbonyl (C=O) groups is 2. The molecule has 1 fully saturated rings. The molecule has 1 aromatic rings. The van der Waals surface area contributed by atoms with Crippen molar-refractivity contribution in [2.45, 2.75) is 57.4 Å². The number of rotatable bonds is 8. The molecule has 6 heteroatoms. The van der Waals surface area contributed by atoms with Gasteiger partial charge in [-0.15, -0.1) is 23.1 Å². The zero-order chi connectivity index (χ0) is 16.7. The fraction of sp³-hybridized carbons (Fsp3) is 0.647. The molecular formula is C17H26N2O2S2. The van der Waals surface area contributed by atoms with Crippen LogP contribution in [0.1, 0.15) is 55.6 Å². The number of amides is 2. The van der Waals surface area contributed by atoms with Crippen molar-refractivity contribution in [3.8, 4) is 0 Å². The fourth-order valence-corrected chi connectivity index (χ4v) is 4.93. The largest absolute Gasteiger partial charge is 0.354 e. The van der Waals surface area contributed by atoms with Crippen LogP contribution in [0.4, 0.5) is 0 Å². The SMILES string of the molecule is CCCCCNC(=O)C1CSC(CCC)N1C(=O)c1cccs1. The first-order valence-corrected chi connectivity index (χ1v) is 10.4. The van der Waals surface area contributed by atoms with Gasteiger partial charge >= 0.3 is 0 Å². The van der Waals surface area contributed by atoms with Gasteiger partial charge in [-0.1, -0.05) is 39.2 Å². The van der Waals surface area contributed by atoms with Crippen molar-refractivity contribution in [1.82, 2.24) is 10.2 Å². The molecule has 0 bridgehead atoms. The lowest BCUT2D eigenvalue weighted by atomic mass is 10.2. The van der Waals surface area contributed by atoms with Gasteiger partial charge in [0, 0.05) is 12.3 Å². The number of thiophene rings is 1. The second-order valence-electron chi connectivity index (χ2n) is 5.78. The minimum Gasteiger partial charge on any atom is -0.354 e. The van der Waals surface area contributed by atoms with Gasteiger partial charge in [-0.3, -0.25) is 9.59 Å². The molecule has 1 aliphatic heterocycles. The molecule has 1 saturated heterocycles. The second kappa shape index (κ2) is 9.33. The Morgan fingerprint density at radius 2 is 2.13 bits per heavy atom. The van der Waals surface area contributed by atoms with E-state index in [1.54, 1.807) is 11.8 Å². The summed E-state index contributed by atoms with van der Waals surface area (Å²) in [6.07, 6.45) is 5.20. The van der Waals surface area contributed by atoms with E-state index in [0.29, 0.717) is 12.3 Å². The van der Waals surface area contributed by atoms with Crippen molar-refractivity contribution in [2.75, 3.05) is 12.3 Å². The Morgan fingerprint density at radius 1 is 1.30 bits per heavy atom. The molecule has 2 atom stereocenters. The third-order valence-corrected chi connectivity index (χ3v) is 6.19. The first-order chi connectivity index (χ1) is 11.2. The molecule has 23 heavy (non-hydrogen) atoms. The summed E-state index contributed by atoms with van der Waals surface area (Å²) in [5.41, 5.74) is 0. The summed E-state index contributed by atoms with van der Waals surface area (Å²) in [5, 5.41) is 5.03. The second-order valence-corrected chi connectivity index (χ2v) is 7.94. The summed E-state index contributed by atoms with van der Waals surface area (Å²) in [4.78, 5) is 27.9. The van der Waals surface area contributed by atoms with Crippen molar-refractivity contribution >= 4 is 34.9 Å². The lowest BCUT2D eigenvalue weighted by Gasteiger charge is -2.28. The molecule has 1 aliphatic rings. The maximum Gasteiger partial charge on any atom is 0.265 e. The van der Waals surface area contributed by atoms with Gasteiger partial charge in [0.2, 0.25) is 5.91 Å². The van der Waals surface area contributed by atoms with Crippen molar-refractivity contribution in [3.63, 3.8) is 0 Å². The van der Waals surface area contributed by atoms with Gasteiger partial charge < -0.3 is 10.2 Å². The molecule has 2 amide bonds. The van der Waals surface area contributed by atoms with Gasteiger partial charge in [0.25, 0.3) is 5.91 Å². The highest BCUT2D eigenvalue weighted by Crippen LogP contribution is 2.34. The molecule has 0 saturated carbocycles. The summed E-state index contributed by atoms with van der Waals surface area (Å²) in [7, 11) is 0. The Labute approximate surface area is 147 Å². The topological polar surface area (TPSA) is 49.4 Å². The zero-order valence-corrected chi connectivity index (χ0v) is 15.5. The van der Waals surface area contributed by atoms with E-state index < -0.39 is 0 Å². The monoisotopic (exact) mass is 354 g/mol. The van der Waals surface area contributed by atoms with Gasteiger partial charge in [0.1, 0.15) is 6.04 Å². The molecule has 1 N–H and O–H groups in total. The summed E-state index contributed by atoms with van der Waals surface area (Å²) >= 11 is 3.17. The number of nitrogens with zero attached hydrogens (tertiary/aromatic N) is 1. The van der Waals surface area contributed by atoms with Gasteiger partial charge in [-0.2, -0.15) is 0 Å². The van der Waals surface area contributed by atoms with Crippen molar-refractivity contribution < 1.29 is 9.59 Å². The highest BCUT2D eigenvalue weighted by Gasteiger charge is 2.41. The van der Waals surface area contributed by atoms with Crippen LogP contribution in [-0.4, -0.2) is 40.4 Å². The molecule has 128 valence electrons. The van der Waals surface area contributed by atoms with E-state index in [0.717, 1.165) is 37.0 Å². The van der Waals surface area contributed by atoms with Crippen LogP contribution in [0, 0.1) is 0 Å². The van der Waals surface area contributed by atoms with Crippen LogP contribution in [0.2, 0.25) is 0 Å². The number of hydrogen-bond donors (Lipinski definition) is 1. The molecule has 2 heterocycles. The van der Waals surface area contributed by atoms with Crippen LogP contribution in [0.25, 0.3) is 0 Å². The van der Waals surface area contributed by atoms with E-state index >= 15 is 0 Å². The third kappa shape index (κ3) is 4.73. The molecule has 4 nitrogen and oxygen atoms in total. The van der Waals surface area contributed by atoms with Gasteiger partial charge in [-0.25, -0.2) is 0 Å². The minimum absolute atomic E-state index is 0.00263. The zero-order valence-electron chi connectivity index (χ0n) is 13.9. The summed E-state index contributed by atoms with van der Waals surface area (Å²) in [6, 6.07) is 3.39. The molecule has 2 unspecified atom stereocenters. The Balaban J connectivity index is 2.04. The molecule has 1 aromatic heterocycles. The predicted octanol–water partition coefficient (Wildman–Crippen LogP) is 3.74. The molecule has 0 radical (unpaired) electrons. The average molecular weight is 355 g/mol. The van der Waals surface area contributed by atoms with E-state index in [-0.39, 0.29) is 23.2 Å². The van der Waals surface area contributed by atoms with Crippen molar-refractivity contribution in [3.05, 3.63) is 22.4 Å². The van der Waals surface area contributed by atoms with Crippen LogP contribution >= 0.6 is 23.1 Å². The van der Waals surface area contributed by atoms with Crippen LogP contribution in [-0.2, 0) is 4.79 Å². The molecular weight excluding hydrogens is 328 g/mol. The molecule has 0 aliphatic carbocycles. The summed E-state index contributed by atoms with van der Waals surface area (Å²) in [5.74, 6) is 0.691. The van der Waals surface area contributed by atoms with E-state index in [1.807, 2.05) is 22.4 Å². The van der Waals surface area contributed by atoms with Gasteiger partial charge in [0.15, 0.2) is 0 Å². The predicted molar refractivity (Wildman–Crippen MR) is 98.0 cm³/mol. The summed E-state index contributed by atoms with van der Waals surface area (Å²) < 4.78 is 0. The van der Waals surface area contributed by atoms with Crippen LogP contribution in [0.3, 0.4) is 0 Å². The van der Waals surface area contributed by atoms with E-state index in [9.17, 15) is 9.59 Å². The van der Waals surface area contributed by atoms with Crippen LogP contribution < -0.4 is 5.32 Å². The number of carbonyl (C=O) groups excluding carboxylic acids is 2. The lowest BCUT2D eigenvalue weighted by molar-refractivity contribution is -0.124. The molecule has 0 spiro atoms. The third-order valence-electron chi connectivity index (χ3n) is 3.98. The number of nitrogens with one attached hydrogen (secondary N) is 1. The summed E-state index contributed by atoms with van der Waals surface area (Å²) in [6.45, 7) is 4.96. The first kappa shape index (κ1) is 18.3. The van der Waals surface area contributed by atoms with Gasteiger partial charge in [0.05, 0.1) is 10.3 Å². The van der Waals surface area contributed by atoms with Crippen molar-refractivity contribution in [2.24, 2.45) is 0 Å². The highest BCUT2D eigenvalue weighted by atomic mass is 32.2. The van der Waals surface area contributed by atoms with Crippen LogP contribution in [0.5, 0.6) is 0 Å². The quantitative estimate of drug-likeness (QED) is 0.724. The Hall–Kier alpha value is -1.01. The Bertz CT molecular complexity index is 505. The maximum absolute atomic E-state index is 12.8. The first-order valence-electron chi connectivity index (χ1n) is 8.44. The normalized spacial score (nSPS) is 20.7. The fourth-order valence-electron chi connectivity index (χ4n) is 2.74. The lowest BCUT2D eigenvalue weighted by Crippen LogP contribution is -2.49. The molecule has 2 rings (SSSR count). The number of hydrogen-bond acceptors (Lipinski definition) is 4. The smallest absolute Gasteiger partial charge is 0.265 e. The average Bonchev–Trinajstić information content (AvgIpc) is 3.21. The van der Waals surface area contributed by atoms with Crippen molar-refractivity contribution in [1.29, 1.82) is 0 Å². The van der Waals surface area contributed by atoms with E-state index in [1.165, 1.54) is 11.3 Å². The van der Waals surface area contributed by atoms with Crippen LogP contribution in [0.15, 0.2) is 17.5 Å². The molecule has 0 aromatic carbocycles. The number of thioether (sulfide) groups is 1. The Kier molecular flexibility index (Phi) is 7.43. The standard InChI is InChI=1S/C17H26N2O2S2/c1-3-5-6-10-18-16(20)13-12-23-15(8-4-2)19(13)17(21)14-9-7-11-22-14/h7,9,11,13,15H,3-6,8,10,12H2,1-2H3,(H,18,20). The maximum atomic E-state index is 12.8. The van der Waals surface area contributed by atoms with E-state index in [2.05, 4.69) is 19.2 Å². The minimum atomic E-state index is -0.340. The Morgan fingerprint density at radius 3 is 2.78 bits per heavy atom. The number of unbranched alkanes of at least 4 members (excludes halogenated alkanes) is 2.